The van der Waals surface area contributed by atoms with Gasteiger partial charge in [-0.2, -0.15) is 0 Å². The van der Waals surface area contributed by atoms with Gasteiger partial charge in [0.1, 0.15) is 5.82 Å². The lowest BCUT2D eigenvalue weighted by Crippen LogP contribution is -2.36. The molecule has 1 aromatic rings. The average Bonchev–Trinajstić information content (AvgIpc) is 3.03. The molecule has 6 nitrogen and oxygen atoms in total. The number of carbonyl (C=O) groups is 1. The summed E-state index contributed by atoms with van der Waals surface area (Å²) in [5, 5.41) is 0. The second-order valence-electron chi connectivity index (χ2n) is 5.95. The number of amides is 1. The third-order valence-corrected chi connectivity index (χ3v) is 4.32. The molecular weight excluding hydrogens is 280 g/mol. The van der Waals surface area contributed by atoms with Crippen LogP contribution < -0.4 is 0 Å². The Bertz CT molecular complexity index is 468. The highest BCUT2D eigenvalue weighted by molar-refractivity contribution is 5.76. The van der Waals surface area contributed by atoms with Crippen molar-refractivity contribution >= 4 is 5.91 Å². The zero-order chi connectivity index (χ0) is 15.9. The molecule has 122 valence electrons. The Hall–Kier alpha value is -1.53. The average molecular weight is 306 g/mol. The van der Waals surface area contributed by atoms with Gasteiger partial charge in [-0.1, -0.05) is 0 Å². The summed E-state index contributed by atoms with van der Waals surface area (Å²) in [4.78, 5) is 24.9. The Morgan fingerprint density at radius 2 is 2.23 bits per heavy atom. The van der Waals surface area contributed by atoms with E-state index in [1.165, 1.54) is 0 Å². The molecule has 22 heavy (non-hydrogen) atoms. The predicted molar refractivity (Wildman–Crippen MR) is 84.2 cm³/mol. The predicted octanol–water partition coefficient (Wildman–Crippen LogP) is 1.32. The van der Waals surface area contributed by atoms with Crippen molar-refractivity contribution in [2.75, 3.05) is 27.2 Å². The van der Waals surface area contributed by atoms with E-state index < -0.39 is 0 Å². The Kier molecular flexibility index (Phi) is 6.27. The summed E-state index contributed by atoms with van der Waals surface area (Å²) >= 11 is 0. The number of likely N-dealkylation sites (N-methyl/N-ethyl adjacent to an activating group) is 1. The molecule has 2 heterocycles. The number of likely N-dealkylation sites (tertiary alicyclic amines) is 1. The van der Waals surface area contributed by atoms with E-state index in [2.05, 4.69) is 21.9 Å². The van der Waals surface area contributed by atoms with Gasteiger partial charge in [-0.15, -0.1) is 0 Å². The fraction of sp³-hybridized carbons (Fsp3) is 0.688. The van der Waals surface area contributed by atoms with Crippen molar-refractivity contribution in [3.05, 3.63) is 24.3 Å². The third-order valence-electron chi connectivity index (χ3n) is 4.32. The van der Waals surface area contributed by atoms with Crippen molar-refractivity contribution in [2.45, 2.75) is 44.9 Å². The molecule has 1 aliphatic heterocycles. The highest BCUT2D eigenvalue weighted by Gasteiger charge is 2.28. The number of nitrogens with zero attached hydrogens (tertiary/aromatic N) is 4. The van der Waals surface area contributed by atoms with Gasteiger partial charge in [-0.25, -0.2) is 9.97 Å². The first-order valence-electron chi connectivity index (χ1n) is 7.87. The molecule has 1 fully saturated rings. The van der Waals surface area contributed by atoms with Gasteiger partial charge in [0, 0.05) is 45.1 Å². The summed E-state index contributed by atoms with van der Waals surface area (Å²) < 4.78 is 5.20. The van der Waals surface area contributed by atoms with Crippen LogP contribution in [0.1, 0.15) is 32.0 Å². The van der Waals surface area contributed by atoms with Crippen LogP contribution in [-0.2, 0) is 16.1 Å². The smallest absolute Gasteiger partial charge is 0.222 e. The highest BCUT2D eigenvalue weighted by Crippen LogP contribution is 2.17. The summed E-state index contributed by atoms with van der Waals surface area (Å²) in [6, 6.07) is 2.20. The van der Waals surface area contributed by atoms with Crippen molar-refractivity contribution in [1.82, 2.24) is 19.8 Å². The second kappa shape index (κ2) is 8.19. The number of carbonyl (C=O) groups excluding carboxylic acids is 1. The van der Waals surface area contributed by atoms with E-state index >= 15 is 0 Å². The van der Waals surface area contributed by atoms with Crippen molar-refractivity contribution < 1.29 is 9.53 Å². The number of aromatic nitrogens is 2. The van der Waals surface area contributed by atoms with Gasteiger partial charge >= 0.3 is 0 Å². The van der Waals surface area contributed by atoms with E-state index in [1.54, 1.807) is 19.5 Å². The maximum Gasteiger partial charge on any atom is 0.222 e. The minimum Gasteiger partial charge on any atom is -0.382 e. The van der Waals surface area contributed by atoms with Gasteiger partial charge in [0.2, 0.25) is 5.91 Å². The van der Waals surface area contributed by atoms with Crippen LogP contribution in [0.4, 0.5) is 0 Å². The number of ether oxygens (including phenoxy) is 1. The fourth-order valence-corrected chi connectivity index (χ4v) is 2.69. The van der Waals surface area contributed by atoms with Crippen LogP contribution in [0, 0.1) is 0 Å². The van der Waals surface area contributed by atoms with E-state index in [0.717, 1.165) is 31.8 Å². The minimum atomic E-state index is 0.139. The molecular formula is C16H26N4O2. The lowest BCUT2D eigenvalue weighted by molar-refractivity contribution is -0.131. The second-order valence-corrected chi connectivity index (χ2v) is 5.95. The molecule has 1 amide bonds. The Labute approximate surface area is 132 Å². The molecule has 0 unspecified atom stereocenters. The molecule has 0 bridgehead atoms. The van der Waals surface area contributed by atoms with Gasteiger partial charge in [-0.3, -0.25) is 9.69 Å². The standard InChI is InChI=1S/C16H26N4O2/c1-13(22-3)5-6-16(21)20-10-7-14(11-20)19(2)12-15-17-8-4-9-18-15/h4,8-9,13-14H,5-7,10-12H2,1-3H3/t13-,14+/m1/s1. The highest BCUT2D eigenvalue weighted by atomic mass is 16.5. The quantitative estimate of drug-likeness (QED) is 0.760. The molecule has 6 heteroatoms. The Morgan fingerprint density at radius 3 is 2.91 bits per heavy atom. The number of hydrogen-bond donors (Lipinski definition) is 0. The van der Waals surface area contributed by atoms with E-state index in [-0.39, 0.29) is 12.0 Å². The summed E-state index contributed by atoms with van der Waals surface area (Å²) in [6.07, 6.45) is 6.02. The number of rotatable bonds is 7. The maximum absolute atomic E-state index is 12.2. The first-order valence-corrected chi connectivity index (χ1v) is 7.87. The zero-order valence-electron chi connectivity index (χ0n) is 13.7. The van der Waals surface area contributed by atoms with Gasteiger partial charge in [0.15, 0.2) is 0 Å². The van der Waals surface area contributed by atoms with E-state index in [4.69, 9.17) is 4.74 Å². The minimum absolute atomic E-state index is 0.139. The Morgan fingerprint density at radius 1 is 1.50 bits per heavy atom. The lowest BCUT2D eigenvalue weighted by Gasteiger charge is -2.24. The molecule has 0 radical (unpaired) electrons. The normalized spacial score (nSPS) is 19.6. The summed E-state index contributed by atoms with van der Waals surface area (Å²) in [6.45, 7) is 4.34. The van der Waals surface area contributed by atoms with Crippen molar-refractivity contribution in [3.63, 3.8) is 0 Å². The van der Waals surface area contributed by atoms with Crippen molar-refractivity contribution in [2.24, 2.45) is 0 Å². The molecule has 0 spiro atoms. The fourth-order valence-electron chi connectivity index (χ4n) is 2.69. The van der Waals surface area contributed by atoms with E-state index in [9.17, 15) is 4.79 Å². The molecule has 0 saturated carbocycles. The summed E-state index contributed by atoms with van der Waals surface area (Å²) in [5.74, 6) is 1.06. The summed E-state index contributed by atoms with van der Waals surface area (Å²) in [7, 11) is 3.75. The van der Waals surface area contributed by atoms with Crippen LogP contribution in [0.15, 0.2) is 18.5 Å². The molecule has 1 aromatic heterocycles. The molecule has 0 aliphatic carbocycles. The summed E-state index contributed by atoms with van der Waals surface area (Å²) in [5.41, 5.74) is 0. The van der Waals surface area contributed by atoms with Crippen LogP contribution in [0.3, 0.4) is 0 Å². The van der Waals surface area contributed by atoms with E-state index in [0.29, 0.717) is 19.0 Å². The molecule has 0 N–H and O–H groups in total. The maximum atomic E-state index is 12.2. The van der Waals surface area contributed by atoms with Crippen molar-refractivity contribution in [1.29, 1.82) is 0 Å². The molecule has 0 aromatic carbocycles. The molecule has 1 aliphatic rings. The third kappa shape index (κ3) is 4.74. The van der Waals surface area contributed by atoms with Crippen molar-refractivity contribution in [3.8, 4) is 0 Å². The number of hydrogen-bond acceptors (Lipinski definition) is 5. The largest absolute Gasteiger partial charge is 0.382 e. The topological polar surface area (TPSA) is 58.6 Å². The Balaban J connectivity index is 1.78. The van der Waals surface area contributed by atoms with Crippen LogP contribution in [0.25, 0.3) is 0 Å². The van der Waals surface area contributed by atoms with Gasteiger partial charge < -0.3 is 9.64 Å². The zero-order valence-corrected chi connectivity index (χ0v) is 13.7. The SMILES string of the molecule is CO[C@H](C)CCC(=O)N1CC[C@H](N(C)Cc2ncccn2)C1. The van der Waals surface area contributed by atoms with Crippen LogP contribution in [0.2, 0.25) is 0 Å². The van der Waals surface area contributed by atoms with Gasteiger partial charge in [0.05, 0.1) is 12.6 Å². The van der Waals surface area contributed by atoms with Gasteiger partial charge in [0.25, 0.3) is 0 Å². The monoisotopic (exact) mass is 306 g/mol. The van der Waals surface area contributed by atoms with Crippen LogP contribution >= 0.6 is 0 Å². The van der Waals surface area contributed by atoms with E-state index in [1.807, 2.05) is 17.9 Å². The van der Waals surface area contributed by atoms with Crippen LogP contribution in [0.5, 0.6) is 0 Å². The molecule has 1 saturated heterocycles. The molecule has 2 atom stereocenters. The first kappa shape index (κ1) is 16.8. The lowest BCUT2D eigenvalue weighted by atomic mass is 10.2. The number of methoxy groups -OCH3 is 1. The molecule has 2 rings (SSSR count). The first-order chi connectivity index (χ1) is 10.6. The van der Waals surface area contributed by atoms with Gasteiger partial charge in [-0.05, 0) is 32.9 Å². The van der Waals surface area contributed by atoms with Crippen LogP contribution in [-0.4, -0.2) is 65.1 Å².